The van der Waals surface area contributed by atoms with Gasteiger partial charge in [0.15, 0.2) is 5.13 Å². The second-order valence-corrected chi connectivity index (χ2v) is 4.85. The lowest BCUT2D eigenvalue weighted by Gasteiger charge is -2.05. The molecule has 1 aromatic rings. The van der Waals surface area contributed by atoms with Gasteiger partial charge in [0.2, 0.25) is 0 Å². The summed E-state index contributed by atoms with van der Waals surface area (Å²) >= 11 is 1.79. The first kappa shape index (κ1) is 12.5. The molecule has 0 saturated heterocycles. The lowest BCUT2D eigenvalue weighted by atomic mass is 10.3. The number of thiazole rings is 1. The standard InChI is InChI=1S/C11H21N3S/c1-5-7-12-8-10-9(6-2)13-11(15-10)14(3)4/h12H,5-8H2,1-4H3. The molecule has 15 heavy (non-hydrogen) atoms. The molecule has 0 radical (unpaired) electrons. The third-order valence-electron chi connectivity index (χ3n) is 2.20. The van der Waals surface area contributed by atoms with E-state index in [1.165, 1.54) is 17.0 Å². The van der Waals surface area contributed by atoms with Gasteiger partial charge in [-0.1, -0.05) is 13.8 Å². The molecule has 0 aliphatic heterocycles. The lowest BCUT2D eigenvalue weighted by molar-refractivity contribution is 0.676. The summed E-state index contributed by atoms with van der Waals surface area (Å²) in [6.45, 7) is 6.39. The highest BCUT2D eigenvalue weighted by Crippen LogP contribution is 2.25. The number of nitrogens with one attached hydrogen (secondary N) is 1. The topological polar surface area (TPSA) is 28.2 Å². The minimum atomic E-state index is 0.961. The second-order valence-electron chi connectivity index (χ2n) is 3.79. The van der Waals surface area contributed by atoms with Crippen LogP contribution in [-0.2, 0) is 13.0 Å². The van der Waals surface area contributed by atoms with Crippen LogP contribution in [0.2, 0.25) is 0 Å². The van der Waals surface area contributed by atoms with Crippen LogP contribution in [0, 0.1) is 0 Å². The summed E-state index contributed by atoms with van der Waals surface area (Å²) in [4.78, 5) is 8.07. The number of hydrogen-bond acceptors (Lipinski definition) is 4. The molecule has 3 nitrogen and oxygen atoms in total. The maximum atomic E-state index is 4.61. The van der Waals surface area contributed by atoms with Gasteiger partial charge in [-0.15, -0.1) is 11.3 Å². The van der Waals surface area contributed by atoms with Crippen molar-refractivity contribution in [2.24, 2.45) is 0 Å². The van der Waals surface area contributed by atoms with E-state index in [1.807, 2.05) is 14.1 Å². The van der Waals surface area contributed by atoms with E-state index in [2.05, 4.69) is 29.0 Å². The molecule has 4 heteroatoms. The van der Waals surface area contributed by atoms with Gasteiger partial charge in [-0.3, -0.25) is 0 Å². The molecule has 0 amide bonds. The van der Waals surface area contributed by atoms with Crippen LogP contribution in [-0.4, -0.2) is 25.6 Å². The Morgan fingerprint density at radius 1 is 1.33 bits per heavy atom. The van der Waals surface area contributed by atoms with Crippen LogP contribution in [0.3, 0.4) is 0 Å². The van der Waals surface area contributed by atoms with Crippen molar-refractivity contribution in [2.75, 3.05) is 25.5 Å². The van der Waals surface area contributed by atoms with Crippen molar-refractivity contribution in [1.29, 1.82) is 0 Å². The van der Waals surface area contributed by atoms with Gasteiger partial charge in [0.1, 0.15) is 0 Å². The predicted molar refractivity (Wildman–Crippen MR) is 67.8 cm³/mol. The molecule has 86 valence electrons. The Hall–Kier alpha value is -0.610. The van der Waals surface area contributed by atoms with E-state index in [0.717, 1.165) is 24.6 Å². The fourth-order valence-electron chi connectivity index (χ4n) is 1.35. The Morgan fingerprint density at radius 3 is 2.60 bits per heavy atom. The Morgan fingerprint density at radius 2 is 2.07 bits per heavy atom. The Labute approximate surface area is 96.5 Å². The van der Waals surface area contributed by atoms with E-state index in [-0.39, 0.29) is 0 Å². The first-order valence-electron chi connectivity index (χ1n) is 5.55. The van der Waals surface area contributed by atoms with Gasteiger partial charge in [0, 0.05) is 25.5 Å². The molecule has 1 N–H and O–H groups in total. The lowest BCUT2D eigenvalue weighted by Crippen LogP contribution is -2.13. The summed E-state index contributed by atoms with van der Waals surface area (Å²) in [5.41, 5.74) is 1.24. The summed E-state index contributed by atoms with van der Waals surface area (Å²) < 4.78 is 0. The first-order valence-corrected chi connectivity index (χ1v) is 6.37. The summed E-state index contributed by atoms with van der Waals surface area (Å²) in [6.07, 6.45) is 2.20. The zero-order chi connectivity index (χ0) is 11.3. The zero-order valence-corrected chi connectivity index (χ0v) is 10.9. The van der Waals surface area contributed by atoms with Crippen molar-refractivity contribution in [2.45, 2.75) is 33.2 Å². The van der Waals surface area contributed by atoms with Crippen LogP contribution < -0.4 is 10.2 Å². The van der Waals surface area contributed by atoms with E-state index in [0.29, 0.717) is 0 Å². The minimum Gasteiger partial charge on any atom is -0.354 e. The molecule has 0 aromatic carbocycles. The van der Waals surface area contributed by atoms with Crippen molar-refractivity contribution < 1.29 is 0 Å². The number of aryl methyl sites for hydroxylation is 1. The van der Waals surface area contributed by atoms with Gasteiger partial charge in [-0.05, 0) is 19.4 Å². The number of hydrogen-bond donors (Lipinski definition) is 1. The average Bonchev–Trinajstić information content (AvgIpc) is 2.62. The molecule has 0 aliphatic carbocycles. The predicted octanol–water partition coefficient (Wildman–Crippen LogP) is 2.27. The summed E-state index contributed by atoms with van der Waals surface area (Å²) in [6, 6.07) is 0. The molecule has 1 rings (SSSR count). The van der Waals surface area contributed by atoms with Gasteiger partial charge in [-0.2, -0.15) is 0 Å². The van der Waals surface area contributed by atoms with Crippen molar-refractivity contribution in [3.63, 3.8) is 0 Å². The van der Waals surface area contributed by atoms with Crippen LogP contribution in [0.25, 0.3) is 0 Å². The third kappa shape index (κ3) is 3.47. The molecule has 0 aliphatic rings. The largest absolute Gasteiger partial charge is 0.354 e. The highest BCUT2D eigenvalue weighted by Gasteiger charge is 2.10. The van der Waals surface area contributed by atoms with Crippen molar-refractivity contribution >= 4 is 16.5 Å². The van der Waals surface area contributed by atoms with E-state index < -0.39 is 0 Å². The van der Waals surface area contributed by atoms with Crippen molar-refractivity contribution in [3.8, 4) is 0 Å². The highest BCUT2D eigenvalue weighted by atomic mass is 32.1. The Bertz CT molecular complexity index is 294. The van der Waals surface area contributed by atoms with Gasteiger partial charge >= 0.3 is 0 Å². The number of rotatable bonds is 6. The van der Waals surface area contributed by atoms with E-state index in [9.17, 15) is 0 Å². The highest BCUT2D eigenvalue weighted by molar-refractivity contribution is 7.15. The molecule has 0 unspecified atom stereocenters. The normalized spacial score (nSPS) is 10.7. The number of anilines is 1. The van der Waals surface area contributed by atoms with Crippen LogP contribution in [0.5, 0.6) is 0 Å². The Kier molecular flexibility index (Phi) is 5.05. The van der Waals surface area contributed by atoms with Crippen LogP contribution in [0.1, 0.15) is 30.8 Å². The van der Waals surface area contributed by atoms with E-state index in [1.54, 1.807) is 11.3 Å². The monoisotopic (exact) mass is 227 g/mol. The zero-order valence-electron chi connectivity index (χ0n) is 10.1. The smallest absolute Gasteiger partial charge is 0.185 e. The van der Waals surface area contributed by atoms with Gasteiger partial charge in [0.05, 0.1) is 5.69 Å². The average molecular weight is 227 g/mol. The van der Waals surface area contributed by atoms with E-state index >= 15 is 0 Å². The fraction of sp³-hybridized carbons (Fsp3) is 0.727. The molecule has 0 bridgehead atoms. The molecule has 1 aromatic heterocycles. The maximum Gasteiger partial charge on any atom is 0.185 e. The molecule has 1 heterocycles. The maximum absolute atomic E-state index is 4.61. The van der Waals surface area contributed by atoms with Crippen LogP contribution in [0.4, 0.5) is 5.13 Å². The van der Waals surface area contributed by atoms with Gasteiger partial charge in [0.25, 0.3) is 0 Å². The second kappa shape index (κ2) is 6.08. The molecule has 0 spiro atoms. The summed E-state index contributed by atoms with van der Waals surface area (Å²) in [5.74, 6) is 0. The minimum absolute atomic E-state index is 0.961. The number of nitrogens with zero attached hydrogens (tertiary/aromatic N) is 2. The molecule has 0 saturated carbocycles. The fourth-order valence-corrected chi connectivity index (χ4v) is 2.39. The Balaban J connectivity index is 2.67. The SMILES string of the molecule is CCCNCc1sc(N(C)C)nc1CC. The van der Waals surface area contributed by atoms with Gasteiger partial charge < -0.3 is 10.2 Å². The molecular formula is C11H21N3S. The van der Waals surface area contributed by atoms with Gasteiger partial charge in [-0.25, -0.2) is 4.98 Å². The van der Waals surface area contributed by atoms with E-state index in [4.69, 9.17) is 0 Å². The molecule has 0 fully saturated rings. The van der Waals surface area contributed by atoms with Crippen LogP contribution in [0.15, 0.2) is 0 Å². The van der Waals surface area contributed by atoms with Crippen LogP contribution >= 0.6 is 11.3 Å². The first-order chi connectivity index (χ1) is 7.19. The van der Waals surface area contributed by atoms with Crippen molar-refractivity contribution in [3.05, 3.63) is 10.6 Å². The quantitative estimate of drug-likeness (QED) is 0.756. The van der Waals surface area contributed by atoms with Crippen molar-refractivity contribution in [1.82, 2.24) is 10.3 Å². The summed E-state index contributed by atoms with van der Waals surface area (Å²) in [5, 5.41) is 4.54. The number of aromatic nitrogens is 1. The molecule has 0 atom stereocenters. The molecular weight excluding hydrogens is 206 g/mol. The third-order valence-corrected chi connectivity index (χ3v) is 3.46. The summed E-state index contributed by atoms with van der Waals surface area (Å²) in [7, 11) is 4.09.